The molecule has 1 fully saturated rings. The molecule has 2 aromatic heterocycles. The van der Waals surface area contributed by atoms with Crippen LogP contribution >= 0.6 is 0 Å². The third kappa shape index (κ3) is 9.99. The Balaban J connectivity index is 1.27. The van der Waals surface area contributed by atoms with Gasteiger partial charge in [-0.15, -0.1) is 5.10 Å². The first-order valence-electron chi connectivity index (χ1n) is 14.6. The summed E-state index contributed by atoms with van der Waals surface area (Å²) in [5.41, 5.74) is -2.42. The van der Waals surface area contributed by atoms with Crippen molar-refractivity contribution in [2.75, 3.05) is 18.4 Å². The lowest BCUT2D eigenvalue weighted by molar-refractivity contribution is -0.188. The van der Waals surface area contributed by atoms with E-state index in [2.05, 4.69) is 20.4 Å². The van der Waals surface area contributed by atoms with Gasteiger partial charge in [0.1, 0.15) is 17.7 Å². The number of aryl methyl sites for hydroxylation is 1. The maximum Gasteiger partial charge on any atom is 0.394 e. The molecule has 1 aromatic carbocycles. The van der Waals surface area contributed by atoms with Gasteiger partial charge in [-0.05, 0) is 43.5 Å². The summed E-state index contributed by atoms with van der Waals surface area (Å²) >= 11 is 0. The minimum atomic E-state index is -4.56. The van der Waals surface area contributed by atoms with Crippen LogP contribution in [-0.2, 0) is 29.2 Å². The number of carbonyl (C=O) groups excluding carboxylic acids is 3. The van der Waals surface area contributed by atoms with Crippen LogP contribution in [0.5, 0.6) is 5.75 Å². The largest absolute Gasteiger partial charge is 0.433 e. The number of ether oxygens (including phenoxy) is 1. The number of pyridine rings is 1. The number of hydrogen-bond donors (Lipinski definition) is 2. The Bertz CT molecular complexity index is 1740. The maximum atomic E-state index is 14.7. The zero-order valence-electron chi connectivity index (χ0n) is 25.6. The first kappa shape index (κ1) is 36.8. The number of benzene rings is 1. The summed E-state index contributed by atoms with van der Waals surface area (Å²) in [6.07, 6.45) is -8.21. The third-order valence-electron chi connectivity index (χ3n) is 7.31. The topological polar surface area (TPSA) is 140 Å². The van der Waals surface area contributed by atoms with Crippen LogP contribution in [0, 0.1) is 17.6 Å². The molecule has 0 spiro atoms. The zero-order chi connectivity index (χ0) is 36.1. The van der Waals surface area contributed by atoms with E-state index in [0.29, 0.717) is 11.8 Å². The van der Waals surface area contributed by atoms with E-state index in [0.717, 1.165) is 45.9 Å². The van der Waals surface area contributed by atoms with Gasteiger partial charge in [-0.1, -0.05) is 5.21 Å². The Morgan fingerprint density at radius 2 is 1.86 bits per heavy atom. The monoisotopic (exact) mass is 707 g/mol. The standard InChI is InChI=1S/C29H29F8N7O5/c1-28(33,34)49-19-4-5-20(31)16(11-19)12-38-24(45)22-15-44(41-40-22)14-18(30)6-9-42-10-7-21(23(32)26(42)47)39-25(46)27(48)43-8-2-3-17(13-43)29(35,36)37/h4-5,7,10-11,15,17-18H,2-3,6,8-9,12-14H2,1H3,(H,38,45)(H,39,46)/t17-,18?/m1/s1. The predicted octanol–water partition coefficient (Wildman–Crippen LogP) is 3.81. The normalized spacial score (nSPS) is 15.9. The minimum absolute atomic E-state index is 0.0129. The van der Waals surface area contributed by atoms with E-state index in [1.807, 2.05) is 5.32 Å². The SMILES string of the molecule is CC(F)(F)Oc1ccc(F)c(CNC(=O)c2cn(CC(F)CCn3ccc(NC(=O)C(=O)N4CCC[C@@H](C(F)(F)F)C4)c(F)c3=O)nn2)c1. The number of likely N-dealkylation sites (tertiary alicyclic amines) is 1. The number of carbonyl (C=O) groups is 3. The highest BCUT2D eigenvalue weighted by Crippen LogP contribution is 2.33. The Morgan fingerprint density at radius 1 is 1.12 bits per heavy atom. The van der Waals surface area contributed by atoms with E-state index in [4.69, 9.17) is 0 Å². The second-order valence-corrected chi connectivity index (χ2v) is 11.2. The zero-order valence-corrected chi connectivity index (χ0v) is 25.6. The van der Waals surface area contributed by atoms with Crippen molar-refractivity contribution in [1.82, 2.24) is 29.8 Å². The second kappa shape index (κ2) is 15.0. The molecule has 3 amide bonds. The van der Waals surface area contributed by atoms with Crippen LogP contribution in [0.2, 0.25) is 0 Å². The number of halogens is 8. The minimum Gasteiger partial charge on any atom is -0.433 e. The Kier molecular flexibility index (Phi) is 11.3. The molecule has 1 aliphatic rings. The fourth-order valence-corrected chi connectivity index (χ4v) is 4.86. The van der Waals surface area contributed by atoms with Crippen molar-refractivity contribution in [1.29, 1.82) is 0 Å². The number of nitrogens with zero attached hydrogens (tertiary/aromatic N) is 5. The van der Waals surface area contributed by atoms with Crippen molar-refractivity contribution >= 4 is 23.4 Å². The van der Waals surface area contributed by atoms with Gasteiger partial charge in [-0.3, -0.25) is 19.2 Å². The predicted molar refractivity (Wildman–Crippen MR) is 153 cm³/mol. The molecule has 2 atom stereocenters. The summed E-state index contributed by atoms with van der Waals surface area (Å²) in [4.78, 5) is 50.3. The van der Waals surface area contributed by atoms with E-state index in [1.54, 1.807) is 0 Å². The lowest BCUT2D eigenvalue weighted by Crippen LogP contribution is -2.48. The number of hydrogen-bond acceptors (Lipinski definition) is 7. The Labute approximate surface area is 272 Å². The van der Waals surface area contributed by atoms with Gasteiger partial charge < -0.3 is 24.8 Å². The van der Waals surface area contributed by atoms with Crippen LogP contribution in [0.4, 0.5) is 40.8 Å². The van der Waals surface area contributed by atoms with Crippen LogP contribution in [0.25, 0.3) is 0 Å². The molecule has 1 saturated heterocycles. The van der Waals surface area contributed by atoms with E-state index < -0.39 is 84.6 Å². The molecule has 20 heteroatoms. The van der Waals surface area contributed by atoms with Crippen molar-refractivity contribution in [2.24, 2.45) is 5.92 Å². The quantitative estimate of drug-likeness (QED) is 0.228. The molecular formula is C29H29F8N7O5. The number of amides is 3. The summed E-state index contributed by atoms with van der Waals surface area (Å²) in [5.74, 6) is -8.02. The molecule has 0 aliphatic carbocycles. The third-order valence-corrected chi connectivity index (χ3v) is 7.31. The van der Waals surface area contributed by atoms with Gasteiger partial charge in [0, 0.05) is 44.9 Å². The van der Waals surface area contributed by atoms with Crippen LogP contribution < -0.4 is 20.9 Å². The molecule has 2 N–H and O–H groups in total. The maximum absolute atomic E-state index is 14.7. The van der Waals surface area contributed by atoms with Crippen molar-refractivity contribution in [2.45, 2.75) is 64.3 Å². The highest BCUT2D eigenvalue weighted by atomic mass is 19.4. The summed E-state index contributed by atoms with van der Waals surface area (Å²) in [6, 6.07) is 3.78. The number of nitrogens with one attached hydrogen (secondary N) is 2. The average molecular weight is 708 g/mol. The van der Waals surface area contributed by atoms with Gasteiger partial charge in [0.05, 0.1) is 24.3 Å². The highest BCUT2D eigenvalue weighted by Gasteiger charge is 2.43. The van der Waals surface area contributed by atoms with E-state index >= 15 is 0 Å². The lowest BCUT2D eigenvalue weighted by Gasteiger charge is -2.33. The number of alkyl halides is 6. The van der Waals surface area contributed by atoms with Gasteiger partial charge in [0.15, 0.2) is 5.69 Å². The molecule has 0 radical (unpaired) electrons. The molecular weight excluding hydrogens is 678 g/mol. The summed E-state index contributed by atoms with van der Waals surface area (Å²) in [5, 5.41) is 11.4. The van der Waals surface area contributed by atoms with Gasteiger partial charge in [0.2, 0.25) is 5.82 Å². The molecule has 1 unspecified atom stereocenters. The second-order valence-electron chi connectivity index (χ2n) is 11.2. The van der Waals surface area contributed by atoms with E-state index in [1.165, 1.54) is 0 Å². The number of piperidine rings is 1. The van der Waals surface area contributed by atoms with Crippen LogP contribution in [0.15, 0.2) is 41.5 Å². The molecule has 3 aromatic rings. The van der Waals surface area contributed by atoms with Gasteiger partial charge >= 0.3 is 24.1 Å². The fraction of sp³-hybridized carbons (Fsp3) is 0.448. The van der Waals surface area contributed by atoms with Crippen molar-refractivity contribution < 1.29 is 54.2 Å². The Hall–Kier alpha value is -5.04. The first-order chi connectivity index (χ1) is 22.9. The number of rotatable bonds is 11. The van der Waals surface area contributed by atoms with E-state index in [-0.39, 0.29) is 49.4 Å². The smallest absolute Gasteiger partial charge is 0.394 e. The van der Waals surface area contributed by atoms with Crippen molar-refractivity contribution in [3.8, 4) is 5.75 Å². The van der Waals surface area contributed by atoms with Gasteiger partial charge in [-0.2, -0.15) is 26.3 Å². The van der Waals surface area contributed by atoms with Crippen LogP contribution in [0.3, 0.4) is 0 Å². The summed E-state index contributed by atoms with van der Waals surface area (Å²) < 4.78 is 115. The molecule has 1 aliphatic heterocycles. The van der Waals surface area contributed by atoms with Crippen LogP contribution in [0.1, 0.15) is 42.2 Å². The molecule has 0 saturated carbocycles. The van der Waals surface area contributed by atoms with Crippen molar-refractivity contribution in [3.05, 3.63) is 69.9 Å². The molecule has 4 rings (SSSR count). The van der Waals surface area contributed by atoms with Gasteiger partial charge in [0.25, 0.3) is 11.5 Å². The van der Waals surface area contributed by atoms with Gasteiger partial charge in [-0.25, -0.2) is 13.5 Å². The number of aromatic nitrogens is 4. The fourth-order valence-electron chi connectivity index (χ4n) is 4.86. The van der Waals surface area contributed by atoms with Crippen LogP contribution in [-0.4, -0.2) is 73.7 Å². The number of anilines is 1. The first-order valence-corrected chi connectivity index (χ1v) is 14.6. The summed E-state index contributed by atoms with van der Waals surface area (Å²) in [7, 11) is 0. The van der Waals surface area contributed by atoms with E-state index in [9.17, 15) is 54.3 Å². The van der Waals surface area contributed by atoms with Crippen molar-refractivity contribution in [3.63, 3.8) is 0 Å². The molecule has 3 heterocycles. The summed E-state index contributed by atoms with van der Waals surface area (Å²) in [6.45, 7) is -1.56. The molecule has 266 valence electrons. The molecule has 49 heavy (non-hydrogen) atoms. The molecule has 0 bridgehead atoms. The Morgan fingerprint density at radius 3 is 2.55 bits per heavy atom. The molecule has 12 nitrogen and oxygen atoms in total. The average Bonchev–Trinajstić information content (AvgIpc) is 3.50. The highest BCUT2D eigenvalue weighted by molar-refractivity contribution is 6.39. The lowest BCUT2D eigenvalue weighted by atomic mass is 9.97.